The largest absolute Gasteiger partial charge is 0.350 e. The number of aromatic nitrogens is 3. The molecule has 6 heteroatoms. The lowest BCUT2D eigenvalue weighted by atomic mass is 10.1. The maximum atomic E-state index is 12.6. The van der Waals surface area contributed by atoms with Crippen molar-refractivity contribution in [1.82, 2.24) is 19.9 Å². The highest BCUT2D eigenvalue weighted by Crippen LogP contribution is 2.21. The van der Waals surface area contributed by atoms with Crippen LogP contribution in [0.4, 0.5) is 0 Å². The van der Waals surface area contributed by atoms with Gasteiger partial charge < -0.3 is 5.32 Å². The highest BCUT2D eigenvalue weighted by molar-refractivity contribution is 7.09. The first kappa shape index (κ1) is 18.1. The molecule has 0 aliphatic heterocycles. The molecule has 0 radical (unpaired) electrons. The number of carbonyl (C=O) groups excluding carboxylic acids is 1. The van der Waals surface area contributed by atoms with Crippen molar-refractivity contribution in [3.8, 4) is 16.9 Å². The van der Waals surface area contributed by atoms with Gasteiger partial charge in [-0.1, -0.05) is 42.5 Å². The lowest BCUT2D eigenvalue weighted by Crippen LogP contribution is -2.27. The Kier molecular flexibility index (Phi) is 5.30. The average molecular weight is 388 g/mol. The van der Waals surface area contributed by atoms with Crippen LogP contribution in [0.2, 0.25) is 0 Å². The van der Waals surface area contributed by atoms with E-state index in [1.807, 2.05) is 37.3 Å². The van der Waals surface area contributed by atoms with E-state index in [1.165, 1.54) is 5.56 Å². The number of nitrogens with zero attached hydrogens (tertiary/aromatic N) is 3. The van der Waals surface area contributed by atoms with E-state index < -0.39 is 0 Å². The molecule has 4 rings (SSSR count). The van der Waals surface area contributed by atoms with Crippen LogP contribution >= 0.6 is 11.3 Å². The van der Waals surface area contributed by atoms with Gasteiger partial charge in [-0.15, -0.1) is 11.3 Å². The second kappa shape index (κ2) is 8.19. The van der Waals surface area contributed by atoms with Crippen LogP contribution in [0.1, 0.15) is 21.1 Å². The minimum atomic E-state index is -0.129. The van der Waals surface area contributed by atoms with Crippen LogP contribution < -0.4 is 5.32 Å². The van der Waals surface area contributed by atoms with Crippen molar-refractivity contribution in [3.63, 3.8) is 0 Å². The molecule has 2 heterocycles. The molecular formula is C22H20N4OS. The second-order valence-electron chi connectivity index (χ2n) is 6.44. The number of hydrogen-bond donors (Lipinski definition) is 1. The zero-order valence-electron chi connectivity index (χ0n) is 15.5. The summed E-state index contributed by atoms with van der Waals surface area (Å²) < 4.78 is 1.79. The summed E-state index contributed by atoms with van der Waals surface area (Å²) in [7, 11) is 0. The van der Waals surface area contributed by atoms with Crippen molar-refractivity contribution in [2.45, 2.75) is 13.3 Å². The van der Waals surface area contributed by atoms with Gasteiger partial charge in [0.2, 0.25) is 0 Å². The normalized spacial score (nSPS) is 10.8. The Bertz CT molecular complexity index is 1070. The van der Waals surface area contributed by atoms with E-state index in [0.717, 1.165) is 28.4 Å². The molecular weight excluding hydrogens is 368 g/mol. The third-order valence-corrected chi connectivity index (χ3v) is 5.25. The van der Waals surface area contributed by atoms with Gasteiger partial charge in [0.25, 0.3) is 5.91 Å². The van der Waals surface area contributed by atoms with E-state index in [2.05, 4.69) is 44.9 Å². The summed E-state index contributed by atoms with van der Waals surface area (Å²) in [4.78, 5) is 21.2. The summed E-state index contributed by atoms with van der Waals surface area (Å²) >= 11 is 1.65. The van der Waals surface area contributed by atoms with Crippen LogP contribution in [0.5, 0.6) is 0 Å². The first-order chi connectivity index (χ1) is 13.7. The van der Waals surface area contributed by atoms with E-state index in [0.29, 0.717) is 12.2 Å². The van der Waals surface area contributed by atoms with Crippen LogP contribution in [0.25, 0.3) is 16.9 Å². The topological polar surface area (TPSA) is 59.8 Å². The summed E-state index contributed by atoms with van der Waals surface area (Å²) in [6.07, 6.45) is 4.01. The van der Waals surface area contributed by atoms with Crippen molar-refractivity contribution in [3.05, 3.63) is 88.8 Å². The molecule has 0 aliphatic rings. The molecule has 140 valence electrons. The fourth-order valence-corrected chi connectivity index (χ4v) is 3.63. The summed E-state index contributed by atoms with van der Waals surface area (Å²) in [6.45, 7) is 2.57. The van der Waals surface area contributed by atoms with Crippen LogP contribution in [-0.4, -0.2) is 27.0 Å². The van der Waals surface area contributed by atoms with E-state index >= 15 is 0 Å². The number of imidazole rings is 1. The zero-order chi connectivity index (χ0) is 19.3. The molecule has 2 aromatic heterocycles. The Morgan fingerprint density at radius 2 is 1.89 bits per heavy atom. The van der Waals surface area contributed by atoms with Crippen molar-refractivity contribution in [2.75, 3.05) is 6.54 Å². The van der Waals surface area contributed by atoms with Crippen LogP contribution in [0, 0.1) is 6.92 Å². The summed E-state index contributed by atoms with van der Waals surface area (Å²) in [6, 6.07) is 18.1. The van der Waals surface area contributed by atoms with Gasteiger partial charge in [-0.25, -0.2) is 9.97 Å². The fraction of sp³-hybridized carbons (Fsp3) is 0.136. The van der Waals surface area contributed by atoms with Crippen LogP contribution in [-0.2, 0) is 6.42 Å². The zero-order valence-corrected chi connectivity index (χ0v) is 16.3. The number of rotatable bonds is 6. The number of para-hydroxylation sites is 1. The monoisotopic (exact) mass is 388 g/mol. The molecule has 0 aliphatic carbocycles. The Labute approximate surface area is 167 Å². The number of thiazole rings is 1. The lowest BCUT2D eigenvalue weighted by molar-refractivity contribution is 0.0947. The number of benzene rings is 2. The molecule has 4 aromatic rings. The van der Waals surface area contributed by atoms with Crippen LogP contribution in [0.3, 0.4) is 0 Å². The van der Waals surface area contributed by atoms with E-state index in [-0.39, 0.29) is 5.91 Å². The number of nitrogens with one attached hydrogen (secondary N) is 1. The molecule has 0 saturated heterocycles. The number of aryl methyl sites for hydroxylation is 1. The van der Waals surface area contributed by atoms with Gasteiger partial charge in [0, 0.05) is 23.2 Å². The molecule has 0 atom stereocenters. The minimum Gasteiger partial charge on any atom is -0.350 e. The van der Waals surface area contributed by atoms with Gasteiger partial charge in [-0.3, -0.25) is 9.36 Å². The highest BCUT2D eigenvalue weighted by atomic mass is 32.1. The molecule has 0 bridgehead atoms. The van der Waals surface area contributed by atoms with Gasteiger partial charge in [0.15, 0.2) is 0 Å². The Morgan fingerprint density at radius 1 is 1.11 bits per heavy atom. The van der Waals surface area contributed by atoms with Gasteiger partial charge in [0.05, 0.1) is 23.2 Å². The van der Waals surface area contributed by atoms with Crippen molar-refractivity contribution >= 4 is 17.2 Å². The lowest BCUT2D eigenvalue weighted by Gasteiger charge is -2.09. The maximum absolute atomic E-state index is 12.6. The standard InChI is InChI=1S/C22H20N4OS/c1-16-25-20(14-28-16)18-9-7-17(8-10-18)11-12-24-22(27)21-13-23-15-26(21)19-5-3-2-4-6-19/h2-10,13-15H,11-12H2,1H3,(H,24,27). The minimum absolute atomic E-state index is 0.129. The molecule has 5 nitrogen and oxygen atoms in total. The molecule has 1 N–H and O–H groups in total. The Hall–Kier alpha value is -3.25. The fourth-order valence-electron chi connectivity index (χ4n) is 3.01. The predicted molar refractivity (Wildman–Crippen MR) is 112 cm³/mol. The van der Waals surface area contributed by atoms with Crippen LogP contribution in [0.15, 0.2) is 72.5 Å². The quantitative estimate of drug-likeness (QED) is 0.536. The second-order valence-corrected chi connectivity index (χ2v) is 7.50. The Morgan fingerprint density at radius 3 is 2.61 bits per heavy atom. The molecule has 0 fully saturated rings. The number of hydrogen-bond acceptors (Lipinski definition) is 4. The third kappa shape index (κ3) is 4.02. The number of carbonyl (C=O) groups is 1. The molecule has 0 unspecified atom stereocenters. The summed E-state index contributed by atoms with van der Waals surface area (Å²) in [5.74, 6) is -0.129. The molecule has 0 saturated carbocycles. The van der Waals surface area contributed by atoms with Gasteiger partial charge in [-0.05, 0) is 31.0 Å². The van der Waals surface area contributed by atoms with E-state index in [4.69, 9.17) is 0 Å². The molecule has 1 amide bonds. The SMILES string of the molecule is Cc1nc(-c2ccc(CCNC(=O)c3cncn3-c3ccccc3)cc2)cs1. The average Bonchev–Trinajstić information content (AvgIpc) is 3.38. The van der Waals surface area contributed by atoms with Crippen molar-refractivity contribution < 1.29 is 4.79 Å². The van der Waals surface area contributed by atoms with Gasteiger partial charge in [0.1, 0.15) is 5.69 Å². The smallest absolute Gasteiger partial charge is 0.269 e. The third-order valence-electron chi connectivity index (χ3n) is 4.47. The maximum Gasteiger partial charge on any atom is 0.269 e. The molecule has 2 aromatic carbocycles. The molecule has 0 spiro atoms. The van der Waals surface area contributed by atoms with E-state index in [1.54, 1.807) is 28.4 Å². The highest BCUT2D eigenvalue weighted by Gasteiger charge is 2.12. The van der Waals surface area contributed by atoms with Crippen molar-refractivity contribution in [1.29, 1.82) is 0 Å². The predicted octanol–water partition coefficient (Wildman–Crippen LogP) is 4.28. The number of amides is 1. The van der Waals surface area contributed by atoms with Gasteiger partial charge in [-0.2, -0.15) is 0 Å². The first-order valence-electron chi connectivity index (χ1n) is 9.08. The molecule has 28 heavy (non-hydrogen) atoms. The first-order valence-corrected chi connectivity index (χ1v) is 9.96. The Balaban J connectivity index is 1.36. The summed E-state index contributed by atoms with van der Waals surface area (Å²) in [5, 5.41) is 6.12. The van der Waals surface area contributed by atoms with Crippen molar-refractivity contribution in [2.24, 2.45) is 0 Å². The van der Waals surface area contributed by atoms with Gasteiger partial charge >= 0.3 is 0 Å². The van der Waals surface area contributed by atoms with E-state index in [9.17, 15) is 4.79 Å². The summed E-state index contributed by atoms with van der Waals surface area (Å²) in [5.41, 5.74) is 4.74.